The van der Waals surface area contributed by atoms with Crippen LogP contribution in [0.5, 0.6) is 0 Å². The van der Waals surface area contributed by atoms with Crippen molar-refractivity contribution in [2.24, 2.45) is 5.92 Å². The van der Waals surface area contributed by atoms with Crippen LogP contribution in [0.2, 0.25) is 0 Å². The first kappa shape index (κ1) is 13.1. The molecule has 0 amide bonds. The molecule has 2 aromatic rings. The number of benzene rings is 2. The maximum absolute atomic E-state index is 10.8. The zero-order chi connectivity index (χ0) is 14.2. The molecule has 4 rings (SSSR count). The zero-order valence-corrected chi connectivity index (χ0v) is 12.0. The second kappa shape index (κ2) is 5.28. The second-order valence-electron chi connectivity index (χ2n) is 6.15. The van der Waals surface area contributed by atoms with Crippen molar-refractivity contribution in [3.05, 3.63) is 71.3 Å². The van der Waals surface area contributed by atoms with Gasteiger partial charge in [-0.15, -0.1) is 0 Å². The molecule has 108 valence electrons. The summed E-state index contributed by atoms with van der Waals surface area (Å²) in [5.41, 5.74) is 3.84. The van der Waals surface area contributed by atoms with Crippen LogP contribution in [0.1, 0.15) is 35.1 Å². The molecule has 0 spiro atoms. The van der Waals surface area contributed by atoms with Crippen LogP contribution in [-0.2, 0) is 11.2 Å². The van der Waals surface area contributed by atoms with E-state index in [1.165, 1.54) is 16.7 Å². The predicted octanol–water partition coefficient (Wildman–Crippen LogP) is 3.47. The lowest BCUT2D eigenvalue weighted by Gasteiger charge is -2.30. The van der Waals surface area contributed by atoms with Gasteiger partial charge in [0.05, 0.1) is 12.7 Å². The van der Waals surface area contributed by atoms with Crippen molar-refractivity contribution in [1.82, 2.24) is 0 Å². The number of aliphatic hydroxyl groups excluding tert-OH is 1. The number of ether oxygens (including phenoxy) is 1. The van der Waals surface area contributed by atoms with Crippen LogP contribution in [0, 0.1) is 5.92 Å². The van der Waals surface area contributed by atoms with E-state index in [2.05, 4.69) is 42.5 Å². The van der Waals surface area contributed by atoms with Crippen LogP contribution in [0.25, 0.3) is 0 Å². The van der Waals surface area contributed by atoms with E-state index in [0.29, 0.717) is 18.4 Å². The largest absolute Gasteiger partial charge is 0.390 e. The topological polar surface area (TPSA) is 29.5 Å². The van der Waals surface area contributed by atoms with Crippen molar-refractivity contribution >= 4 is 0 Å². The van der Waals surface area contributed by atoms with Crippen LogP contribution in [0.4, 0.5) is 0 Å². The number of fused-ring (bicyclic) bond motifs is 1. The molecule has 2 heteroatoms. The molecule has 0 bridgehead atoms. The third kappa shape index (κ3) is 2.39. The minimum absolute atomic E-state index is 0.159. The highest BCUT2D eigenvalue weighted by molar-refractivity contribution is 5.33. The van der Waals surface area contributed by atoms with E-state index in [0.717, 1.165) is 12.8 Å². The molecule has 2 nitrogen and oxygen atoms in total. The SMILES string of the molecule is OC(C1OCCc2ccccc21)C1CC1c1ccccc1. The molecule has 1 aliphatic carbocycles. The van der Waals surface area contributed by atoms with Gasteiger partial charge in [-0.1, -0.05) is 54.6 Å². The number of aliphatic hydroxyl groups is 1. The van der Waals surface area contributed by atoms with Gasteiger partial charge in [-0.3, -0.25) is 0 Å². The van der Waals surface area contributed by atoms with Gasteiger partial charge < -0.3 is 9.84 Å². The van der Waals surface area contributed by atoms with E-state index >= 15 is 0 Å². The average Bonchev–Trinajstić information content (AvgIpc) is 3.35. The van der Waals surface area contributed by atoms with Crippen LogP contribution in [0.15, 0.2) is 54.6 Å². The van der Waals surface area contributed by atoms with Crippen molar-refractivity contribution in [3.8, 4) is 0 Å². The van der Waals surface area contributed by atoms with Crippen LogP contribution < -0.4 is 0 Å². The summed E-state index contributed by atoms with van der Waals surface area (Å²) in [6.45, 7) is 0.710. The van der Waals surface area contributed by atoms with Gasteiger partial charge in [0.2, 0.25) is 0 Å². The summed E-state index contributed by atoms with van der Waals surface area (Å²) in [6, 6.07) is 18.9. The molecular weight excluding hydrogens is 260 g/mol. The first-order valence-corrected chi connectivity index (χ1v) is 7.77. The highest BCUT2D eigenvalue weighted by atomic mass is 16.5. The van der Waals surface area contributed by atoms with Crippen molar-refractivity contribution in [2.75, 3.05) is 6.61 Å². The van der Waals surface area contributed by atoms with Gasteiger partial charge in [-0.2, -0.15) is 0 Å². The molecule has 0 saturated heterocycles. The highest BCUT2D eigenvalue weighted by Crippen LogP contribution is 2.52. The molecule has 4 atom stereocenters. The Balaban J connectivity index is 1.54. The van der Waals surface area contributed by atoms with E-state index in [1.807, 2.05) is 12.1 Å². The summed E-state index contributed by atoms with van der Waals surface area (Å²) in [5, 5.41) is 10.8. The summed E-state index contributed by atoms with van der Waals surface area (Å²) < 4.78 is 5.90. The fourth-order valence-corrected chi connectivity index (χ4v) is 3.61. The molecule has 1 fully saturated rings. The van der Waals surface area contributed by atoms with Crippen LogP contribution in [0.3, 0.4) is 0 Å². The Morgan fingerprint density at radius 2 is 1.76 bits per heavy atom. The lowest BCUT2D eigenvalue weighted by Crippen LogP contribution is -2.28. The van der Waals surface area contributed by atoms with Crippen LogP contribution in [-0.4, -0.2) is 17.8 Å². The molecule has 1 heterocycles. The number of hydrogen-bond donors (Lipinski definition) is 1. The maximum Gasteiger partial charge on any atom is 0.109 e. The minimum atomic E-state index is -0.406. The summed E-state index contributed by atoms with van der Waals surface area (Å²) in [5.74, 6) is 0.808. The minimum Gasteiger partial charge on any atom is -0.390 e. The molecule has 21 heavy (non-hydrogen) atoms. The monoisotopic (exact) mass is 280 g/mol. The Morgan fingerprint density at radius 3 is 2.62 bits per heavy atom. The third-order valence-corrected chi connectivity index (χ3v) is 4.85. The molecule has 1 aliphatic heterocycles. The van der Waals surface area contributed by atoms with Gasteiger partial charge in [-0.05, 0) is 41.4 Å². The van der Waals surface area contributed by atoms with Crippen molar-refractivity contribution < 1.29 is 9.84 Å². The molecule has 2 aromatic carbocycles. The smallest absolute Gasteiger partial charge is 0.109 e. The molecule has 0 radical (unpaired) electrons. The Hall–Kier alpha value is -1.64. The third-order valence-electron chi connectivity index (χ3n) is 4.85. The van der Waals surface area contributed by atoms with Gasteiger partial charge >= 0.3 is 0 Å². The summed E-state index contributed by atoms with van der Waals surface area (Å²) in [6.07, 6.45) is 1.45. The van der Waals surface area contributed by atoms with Gasteiger partial charge in [-0.25, -0.2) is 0 Å². The van der Waals surface area contributed by atoms with Gasteiger partial charge in [0, 0.05) is 0 Å². The summed E-state index contributed by atoms with van der Waals surface area (Å²) >= 11 is 0. The molecule has 1 saturated carbocycles. The molecule has 1 N–H and O–H groups in total. The summed E-state index contributed by atoms with van der Waals surface area (Å²) in [7, 11) is 0. The average molecular weight is 280 g/mol. The van der Waals surface area contributed by atoms with Crippen molar-refractivity contribution in [3.63, 3.8) is 0 Å². The Morgan fingerprint density at radius 1 is 1.00 bits per heavy atom. The van der Waals surface area contributed by atoms with E-state index in [9.17, 15) is 5.11 Å². The fraction of sp³-hybridized carbons (Fsp3) is 0.368. The fourth-order valence-electron chi connectivity index (χ4n) is 3.61. The molecule has 0 aromatic heterocycles. The maximum atomic E-state index is 10.8. The van der Waals surface area contributed by atoms with E-state index in [-0.39, 0.29) is 6.10 Å². The lowest BCUT2D eigenvalue weighted by atomic mass is 9.92. The number of rotatable bonds is 3. The van der Waals surface area contributed by atoms with E-state index in [4.69, 9.17) is 4.74 Å². The standard InChI is InChI=1S/C19H20O2/c20-18(17-12-16(17)13-6-2-1-3-7-13)19-15-9-5-4-8-14(15)10-11-21-19/h1-9,16-20H,10-12H2. The lowest BCUT2D eigenvalue weighted by molar-refractivity contribution is -0.0562. The first-order chi connectivity index (χ1) is 10.3. The van der Waals surface area contributed by atoms with Crippen molar-refractivity contribution in [1.29, 1.82) is 0 Å². The van der Waals surface area contributed by atoms with E-state index in [1.54, 1.807) is 0 Å². The van der Waals surface area contributed by atoms with Crippen molar-refractivity contribution in [2.45, 2.75) is 31.0 Å². The Labute approximate surface area is 125 Å². The van der Waals surface area contributed by atoms with Gasteiger partial charge in [0.25, 0.3) is 0 Å². The molecule has 2 aliphatic rings. The quantitative estimate of drug-likeness (QED) is 0.933. The number of hydrogen-bond acceptors (Lipinski definition) is 2. The normalized spacial score (nSPS) is 28.7. The predicted molar refractivity (Wildman–Crippen MR) is 82.1 cm³/mol. The zero-order valence-electron chi connectivity index (χ0n) is 12.0. The van der Waals surface area contributed by atoms with E-state index < -0.39 is 6.10 Å². The Kier molecular flexibility index (Phi) is 3.28. The molecule has 4 unspecified atom stereocenters. The molecular formula is C19H20O2. The first-order valence-electron chi connectivity index (χ1n) is 7.77. The second-order valence-corrected chi connectivity index (χ2v) is 6.15. The summed E-state index contributed by atoms with van der Waals surface area (Å²) in [4.78, 5) is 0. The van der Waals surface area contributed by atoms with Gasteiger partial charge in [0.15, 0.2) is 0 Å². The van der Waals surface area contributed by atoms with Gasteiger partial charge in [0.1, 0.15) is 6.10 Å². The highest BCUT2D eigenvalue weighted by Gasteiger charge is 2.47. The Bertz CT molecular complexity index is 622. The van der Waals surface area contributed by atoms with Crippen LogP contribution >= 0.6 is 0 Å².